The van der Waals surface area contributed by atoms with E-state index < -0.39 is 0 Å². The number of nitrogens with zero attached hydrogens (tertiary/aromatic N) is 1. The van der Waals surface area contributed by atoms with Crippen LogP contribution in [0.5, 0.6) is 0 Å². The Morgan fingerprint density at radius 1 is 1.06 bits per heavy atom. The van der Waals surface area contributed by atoms with Crippen molar-refractivity contribution >= 4 is 11.6 Å². The van der Waals surface area contributed by atoms with Crippen molar-refractivity contribution in [2.45, 2.75) is 68.7 Å². The van der Waals surface area contributed by atoms with E-state index in [0.717, 1.165) is 12.1 Å². The average Bonchev–Trinajstić information content (AvgIpc) is 2.43. The van der Waals surface area contributed by atoms with Gasteiger partial charge in [0.25, 0.3) is 5.91 Å². The van der Waals surface area contributed by atoms with Crippen molar-refractivity contribution in [3.8, 4) is 0 Å². The van der Waals surface area contributed by atoms with E-state index in [4.69, 9.17) is 4.84 Å². The lowest BCUT2D eigenvalue weighted by Gasteiger charge is -2.01. The quantitative estimate of drug-likeness (QED) is 0.601. The summed E-state index contributed by atoms with van der Waals surface area (Å²) in [7, 11) is 0. The highest BCUT2D eigenvalue weighted by molar-refractivity contribution is 5.79. The lowest BCUT2D eigenvalue weighted by atomic mass is 10.5. The predicted molar refractivity (Wildman–Crippen MR) is 82.1 cm³/mol. The van der Waals surface area contributed by atoms with Crippen LogP contribution in [0.15, 0.2) is 5.16 Å². The van der Waals surface area contributed by atoms with Gasteiger partial charge in [-0.3, -0.25) is 4.79 Å². The Kier molecular flexibility index (Phi) is 42.5. The fourth-order valence-electron chi connectivity index (χ4n) is 0.535. The van der Waals surface area contributed by atoms with E-state index in [1.54, 1.807) is 0 Å². The summed E-state index contributed by atoms with van der Waals surface area (Å²) in [4.78, 5) is 15.6. The van der Waals surface area contributed by atoms with Crippen LogP contribution in [0.1, 0.15) is 68.7 Å². The maximum absolute atomic E-state index is 10.9. The second-order valence-corrected chi connectivity index (χ2v) is 2.66. The van der Waals surface area contributed by atoms with Crippen LogP contribution in [0.3, 0.4) is 0 Å². The first-order valence-electron chi connectivity index (χ1n) is 7.06. The largest absolute Gasteiger partial charge is 0.386 e. The van der Waals surface area contributed by atoms with Crippen LogP contribution in [0.2, 0.25) is 0 Å². The minimum Gasteiger partial charge on any atom is -0.386 e. The molecule has 4 heteroatoms. The molecule has 0 rings (SSSR count). The topological polar surface area (TPSA) is 50.7 Å². The molecule has 0 spiro atoms. The van der Waals surface area contributed by atoms with Gasteiger partial charge in [0.2, 0.25) is 0 Å². The van der Waals surface area contributed by atoms with E-state index in [-0.39, 0.29) is 12.5 Å². The third-order valence-corrected chi connectivity index (χ3v) is 1.01. The van der Waals surface area contributed by atoms with Crippen LogP contribution in [0.25, 0.3) is 0 Å². The average molecular weight is 262 g/mol. The van der Waals surface area contributed by atoms with Crippen LogP contribution in [0, 0.1) is 0 Å². The van der Waals surface area contributed by atoms with Crippen molar-refractivity contribution in [1.82, 2.24) is 5.32 Å². The monoisotopic (exact) mass is 262 g/mol. The van der Waals surface area contributed by atoms with E-state index in [1.807, 2.05) is 62.3 Å². The van der Waals surface area contributed by atoms with Crippen molar-refractivity contribution < 1.29 is 9.63 Å². The zero-order chi connectivity index (χ0) is 15.4. The van der Waals surface area contributed by atoms with Gasteiger partial charge in [-0.05, 0) is 20.3 Å². The van der Waals surface area contributed by atoms with Gasteiger partial charge in [-0.25, -0.2) is 0 Å². The lowest BCUT2D eigenvalue weighted by molar-refractivity contribution is -0.125. The highest BCUT2D eigenvalue weighted by Crippen LogP contribution is 1.80. The summed E-state index contributed by atoms with van der Waals surface area (Å²) in [5.41, 5.74) is 0.804. The maximum Gasteiger partial charge on any atom is 0.260 e. The molecule has 0 bridgehead atoms. The first-order valence-corrected chi connectivity index (χ1v) is 7.06. The fourth-order valence-corrected chi connectivity index (χ4v) is 0.535. The molecule has 0 atom stereocenters. The van der Waals surface area contributed by atoms with Crippen molar-refractivity contribution in [2.24, 2.45) is 5.16 Å². The van der Waals surface area contributed by atoms with Crippen LogP contribution >= 0.6 is 0 Å². The SMILES string of the molecule is CC.CC.CC.CCCNC(=O)CON=C(C)C. The molecule has 18 heavy (non-hydrogen) atoms. The molecule has 4 nitrogen and oxygen atoms in total. The van der Waals surface area contributed by atoms with E-state index in [0.29, 0.717) is 6.54 Å². The summed E-state index contributed by atoms with van der Waals surface area (Å²) < 4.78 is 0. The Labute approximate surface area is 114 Å². The minimum atomic E-state index is -0.123. The number of oxime groups is 1. The molecule has 0 fully saturated rings. The van der Waals surface area contributed by atoms with Crippen molar-refractivity contribution in [2.75, 3.05) is 13.2 Å². The summed E-state index contributed by atoms with van der Waals surface area (Å²) in [6, 6.07) is 0. The minimum absolute atomic E-state index is 0.00514. The molecule has 0 heterocycles. The summed E-state index contributed by atoms with van der Waals surface area (Å²) >= 11 is 0. The van der Waals surface area contributed by atoms with E-state index >= 15 is 0 Å². The molecule has 0 aliphatic carbocycles. The third-order valence-electron chi connectivity index (χ3n) is 1.01. The Balaban J connectivity index is -0.000000141. The number of hydrogen-bond acceptors (Lipinski definition) is 3. The molecule has 1 N–H and O–H groups in total. The zero-order valence-electron chi connectivity index (χ0n) is 13.9. The molecule has 0 aromatic carbocycles. The number of carbonyl (C=O) groups excluding carboxylic acids is 1. The van der Waals surface area contributed by atoms with Gasteiger partial charge in [-0.2, -0.15) is 0 Å². The first kappa shape index (κ1) is 25.7. The van der Waals surface area contributed by atoms with Crippen LogP contribution in [-0.4, -0.2) is 24.8 Å². The Bertz CT molecular complexity index is 165. The molecule has 112 valence electrons. The number of carbonyl (C=O) groups is 1. The second kappa shape index (κ2) is 29.7. The van der Waals surface area contributed by atoms with Gasteiger partial charge < -0.3 is 10.2 Å². The summed E-state index contributed by atoms with van der Waals surface area (Å²) in [5, 5.41) is 6.30. The maximum atomic E-state index is 10.9. The third kappa shape index (κ3) is 36.3. The first-order chi connectivity index (χ1) is 8.66. The smallest absolute Gasteiger partial charge is 0.260 e. The Morgan fingerprint density at radius 3 is 1.83 bits per heavy atom. The number of amides is 1. The molecule has 0 radical (unpaired) electrons. The normalized spacial score (nSPS) is 6.94. The standard InChI is InChI=1S/C8H16N2O2.3C2H6/c1-4-5-9-8(11)6-12-10-7(2)3;3*1-2/h4-6H2,1-3H3,(H,9,11);3*1-2H3. The number of hydrogen-bond donors (Lipinski definition) is 1. The van der Waals surface area contributed by atoms with Crippen LogP contribution in [-0.2, 0) is 9.63 Å². The van der Waals surface area contributed by atoms with Crippen molar-refractivity contribution in [3.63, 3.8) is 0 Å². The van der Waals surface area contributed by atoms with E-state index in [2.05, 4.69) is 10.5 Å². The van der Waals surface area contributed by atoms with Gasteiger partial charge in [0.1, 0.15) is 0 Å². The van der Waals surface area contributed by atoms with Gasteiger partial charge in [0.15, 0.2) is 6.61 Å². The molecule has 0 unspecified atom stereocenters. The van der Waals surface area contributed by atoms with Gasteiger partial charge in [-0.1, -0.05) is 53.6 Å². The van der Waals surface area contributed by atoms with Gasteiger partial charge in [0.05, 0.1) is 5.71 Å². The van der Waals surface area contributed by atoms with Gasteiger partial charge in [0, 0.05) is 6.54 Å². The van der Waals surface area contributed by atoms with Crippen molar-refractivity contribution in [3.05, 3.63) is 0 Å². The molecular formula is C14H34N2O2. The second-order valence-electron chi connectivity index (χ2n) is 2.66. The zero-order valence-corrected chi connectivity index (χ0v) is 13.9. The summed E-state index contributed by atoms with van der Waals surface area (Å²) in [6.07, 6.45) is 0.932. The highest BCUT2D eigenvalue weighted by atomic mass is 16.6. The van der Waals surface area contributed by atoms with Crippen LogP contribution in [0.4, 0.5) is 0 Å². The number of rotatable bonds is 5. The van der Waals surface area contributed by atoms with Crippen LogP contribution < -0.4 is 5.32 Å². The molecule has 0 aromatic rings. The molecule has 0 aliphatic heterocycles. The fraction of sp³-hybridized carbons (Fsp3) is 0.857. The highest BCUT2D eigenvalue weighted by Gasteiger charge is 1.98. The van der Waals surface area contributed by atoms with Crippen molar-refractivity contribution in [1.29, 1.82) is 0 Å². The molecule has 0 saturated heterocycles. The molecule has 1 amide bonds. The predicted octanol–water partition coefficient (Wildman–Crippen LogP) is 4.00. The molecule has 0 aliphatic rings. The van der Waals surface area contributed by atoms with Gasteiger partial charge in [-0.15, -0.1) is 0 Å². The Hall–Kier alpha value is -1.06. The van der Waals surface area contributed by atoms with E-state index in [1.165, 1.54) is 0 Å². The lowest BCUT2D eigenvalue weighted by Crippen LogP contribution is -2.27. The summed E-state index contributed by atoms with van der Waals surface area (Å²) in [6.45, 7) is 18.3. The summed E-state index contributed by atoms with van der Waals surface area (Å²) in [5.74, 6) is -0.123. The van der Waals surface area contributed by atoms with Gasteiger partial charge >= 0.3 is 0 Å². The Morgan fingerprint density at radius 2 is 1.50 bits per heavy atom. The number of nitrogens with one attached hydrogen (secondary N) is 1. The molecule has 0 aromatic heterocycles. The molecule has 0 saturated carbocycles. The van der Waals surface area contributed by atoms with E-state index in [9.17, 15) is 4.79 Å². The molecular weight excluding hydrogens is 228 g/mol.